The number of fused-ring (bicyclic) bond motifs is 2. The highest BCUT2D eigenvalue weighted by Crippen LogP contribution is 2.46. The molecule has 0 unspecified atom stereocenters. The highest BCUT2D eigenvalue weighted by atomic mass is 16.6. The second-order valence-corrected chi connectivity index (χ2v) is 7.46. The molecule has 0 aliphatic carbocycles. The zero-order valence-corrected chi connectivity index (χ0v) is 12.8. The fourth-order valence-electron chi connectivity index (χ4n) is 3.83. The third-order valence-corrected chi connectivity index (χ3v) is 4.99. The van der Waals surface area contributed by atoms with Gasteiger partial charge < -0.3 is 19.7 Å². The van der Waals surface area contributed by atoms with Crippen molar-refractivity contribution in [2.75, 3.05) is 32.8 Å². The summed E-state index contributed by atoms with van der Waals surface area (Å²) in [5.41, 5.74) is -0.0782. The quantitative estimate of drug-likeness (QED) is 0.733. The van der Waals surface area contributed by atoms with Crippen molar-refractivity contribution < 1.29 is 14.3 Å². The van der Waals surface area contributed by atoms with Crippen LogP contribution in [0, 0.1) is 11.3 Å². The van der Waals surface area contributed by atoms with E-state index in [1.54, 1.807) is 0 Å². The molecule has 0 bridgehead atoms. The van der Waals surface area contributed by atoms with Gasteiger partial charge in [0, 0.05) is 31.6 Å². The summed E-state index contributed by atoms with van der Waals surface area (Å²) in [5, 5.41) is 3.60. The second-order valence-electron chi connectivity index (χ2n) is 7.46. The van der Waals surface area contributed by atoms with E-state index in [4.69, 9.17) is 9.47 Å². The van der Waals surface area contributed by atoms with Crippen molar-refractivity contribution in [1.82, 2.24) is 10.2 Å². The van der Waals surface area contributed by atoms with Crippen LogP contribution >= 0.6 is 0 Å². The van der Waals surface area contributed by atoms with Gasteiger partial charge in [-0.25, -0.2) is 4.79 Å². The Morgan fingerprint density at radius 2 is 2.00 bits per heavy atom. The maximum atomic E-state index is 12.1. The first-order valence-corrected chi connectivity index (χ1v) is 7.69. The molecule has 1 spiro atoms. The maximum Gasteiger partial charge on any atom is 0.410 e. The van der Waals surface area contributed by atoms with Crippen LogP contribution in [0.25, 0.3) is 0 Å². The number of hydrogen-bond acceptors (Lipinski definition) is 4. The third-order valence-electron chi connectivity index (χ3n) is 4.99. The van der Waals surface area contributed by atoms with Crippen LogP contribution in [0.5, 0.6) is 0 Å². The lowest BCUT2D eigenvalue weighted by molar-refractivity contribution is 0.00426. The molecule has 2 atom stereocenters. The third kappa shape index (κ3) is 2.53. The zero-order valence-electron chi connectivity index (χ0n) is 12.8. The highest BCUT2D eigenvalue weighted by molar-refractivity contribution is 5.68. The van der Waals surface area contributed by atoms with Crippen LogP contribution < -0.4 is 5.32 Å². The molecule has 3 saturated heterocycles. The van der Waals surface area contributed by atoms with Crippen LogP contribution in [-0.2, 0) is 9.47 Å². The van der Waals surface area contributed by atoms with Crippen LogP contribution in [0.2, 0.25) is 0 Å². The van der Waals surface area contributed by atoms with Crippen molar-refractivity contribution in [3.05, 3.63) is 0 Å². The van der Waals surface area contributed by atoms with Gasteiger partial charge >= 0.3 is 6.09 Å². The number of carbonyl (C=O) groups is 1. The molecular weight excluding hydrogens is 256 g/mol. The van der Waals surface area contributed by atoms with Gasteiger partial charge in [-0.15, -0.1) is 0 Å². The van der Waals surface area contributed by atoms with Gasteiger partial charge in [0.2, 0.25) is 0 Å². The predicted molar refractivity (Wildman–Crippen MR) is 75.6 cm³/mol. The molecule has 3 heterocycles. The second kappa shape index (κ2) is 4.88. The van der Waals surface area contributed by atoms with E-state index < -0.39 is 5.60 Å². The van der Waals surface area contributed by atoms with Gasteiger partial charge in [0.15, 0.2) is 0 Å². The average Bonchev–Trinajstić information content (AvgIpc) is 2.93. The van der Waals surface area contributed by atoms with Crippen LogP contribution in [0.15, 0.2) is 0 Å². The predicted octanol–water partition coefficient (Wildman–Crippen LogP) is 1.62. The molecule has 1 N–H and O–H groups in total. The first kappa shape index (κ1) is 14.1. The van der Waals surface area contributed by atoms with Crippen molar-refractivity contribution >= 4 is 6.09 Å². The minimum Gasteiger partial charge on any atom is -0.444 e. The van der Waals surface area contributed by atoms with Crippen molar-refractivity contribution in [2.45, 2.75) is 45.3 Å². The van der Waals surface area contributed by atoms with E-state index in [1.807, 2.05) is 25.7 Å². The standard InChI is InChI=1S/C15H26N2O3/c1-14(2,3)20-13(18)17-6-4-15(5-7-17)10-16-12-9-19-8-11(12)15/h11-12,16H,4-10H2,1-3H3/t11-,12+/m1/s1. The van der Waals surface area contributed by atoms with Crippen molar-refractivity contribution in [3.63, 3.8) is 0 Å². The monoisotopic (exact) mass is 282 g/mol. The number of likely N-dealkylation sites (tertiary alicyclic amines) is 1. The van der Waals surface area contributed by atoms with Crippen molar-refractivity contribution in [2.24, 2.45) is 11.3 Å². The number of carbonyl (C=O) groups excluding carboxylic acids is 1. The number of hydrogen-bond donors (Lipinski definition) is 1. The molecular formula is C15H26N2O3. The Morgan fingerprint density at radius 3 is 2.65 bits per heavy atom. The number of amides is 1. The van der Waals surface area contributed by atoms with E-state index in [1.165, 1.54) is 0 Å². The summed E-state index contributed by atoms with van der Waals surface area (Å²) < 4.78 is 11.1. The molecule has 3 rings (SSSR count). The summed E-state index contributed by atoms with van der Waals surface area (Å²) in [6.45, 7) is 10.2. The average molecular weight is 282 g/mol. The lowest BCUT2D eigenvalue weighted by Crippen LogP contribution is -2.48. The molecule has 0 aromatic carbocycles. The van der Waals surface area contributed by atoms with Gasteiger partial charge in [-0.2, -0.15) is 0 Å². The van der Waals surface area contributed by atoms with Crippen LogP contribution in [0.4, 0.5) is 4.79 Å². The van der Waals surface area contributed by atoms with E-state index in [2.05, 4.69) is 5.32 Å². The molecule has 0 saturated carbocycles. The largest absolute Gasteiger partial charge is 0.444 e. The summed E-state index contributed by atoms with van der Waals surface area (Å²) >= 11 is 0. The molecule has 0 radical (unpaired) electrons. The maximum absolute atomic E-state index is 12.1. The Kier molecular flexibility index (Phi) is 3.45. The molecule has 3 fully saturated rings. The first-order chi connectivity index (χ1) is 9.40. The normalized spacial score (nSPS) is 32.5. The van der Waals surface area contributed by atoms with E-state index in [9.17, 15) is 4.79 Å². The molecule has 114 valence electrons. The van der Waals surface area contributed by atoms with Crippen molar-refractivity contribution in [1.29, 1.82) is 0 Å². The van der Waals surface area contributed by atoms with Crippen LogP contribution in [-0.4, -0.2) is 55.5 Å². The minimum atomic E-state index is -0.411. The van der Waals surface area contributed by atoms with Crippen LogP contribution in [0.3, 0.4) is 0 Å². The Hall–Kier alpha value is -0.810. The molecule has 3 aliphatic rings. The minimum absolute atomic E-state index is 0.169. The number of nitrogens with one attached hydrogen (secondary N) is 1. The summed E-state index contributed by atoms with van der Waals surface area (Å²) in [5.74, 6) is 0.628. The summed E-state index contributed by atoms with van der Waals surface area (Å²) in [6.07, 6.45) is 1.95. The van der Waals surface area contributed by atoms with E-state index >= 15 is 0 Å². The number of nitrogens with zero attached hydrogens (tertiary/aromatic N) is 1. The van der Waals surface area contributed by atoms with Gasteiger partial charge in [0.05, 0.1) is 13.2 Å². The molecule has 20 heavy (non-hydrogen) atoms. The Labute approximate surface area is 121 Å². The number of rotatable bonds is 0. The van der Waals surface area contributed by atoms with Gasteiger partial charge in [-0.3, -0.25) is 0 Å². The van der Waals surface area contributed by atoms with Gasteiger partial charge in [0.25, 0.3) is 0 Å². The molecule has 3 aliphatic heterocycles. The summed E-state index contributed by atoms with van der Waals surface area (Å²) in [4.78, 5) is 14.0. The van der Waals surface area contributed by atoms with E-state index in [-0.39, 0.29) is 6.09 Å². The zero-order chi connectivity index (χ0) is 14.4. The van der Waals surface area contributed by atoms with Gasteiger partial charge in [0.1, 0.15) is 5.60 Å². The lowest BCUT2D eigenvalue weighted by atomic mass is 9.70. The SMILES string of the molecule is CC(C)(C)OC(=O)N1CCC2(CC1)CN[C@H]1COC[C@H]12. The molecule has 1 amide bonds. The Bertz CT molecular complexity index is 383. The molecule has 0 aromatic heterocycles. The smallest absolute Gasteiger partial charge is 0.410 e. The molecule has 5 heteroatoms. The van der Waals surface area contributed by atoms with Gasteiger partial charge in [-0.05, 0) is 39.0 Å². The number of ether oxygens (including phenoxy) is 2. The van der Waals surface area contributed by atoms with E-state index in [0.29, 0.717) is 17.4 Å². The summed E-state index contributed by atoms with van der Waals surface area (Å²) in [7, 11) is 0. The highest BCUT2D eigenvalue weighted by Gasteiger charge is 2.52. The Balaban J connectivity index is 1.58. The Morgan fingerprint density at radius 1 is 1.30 bits per heavy atom. The number of piperidine rings is 1. The van der Waals surface area contributed by atoms with Gasteiger partial charge in [-0.1, -0.05) is 0 Å². The summed E-state index contributed by atoms with van der Waals surface area (Å²) in [6, 6.07) is 0.531. The molecule has 5 nitrogen and oxygen atoms in total. The molecule has 0 aromatic rings. The fraction of sp³-hybridized carbons (Fsp3) is 0.933. The fourth-order valence-corrected chi connectivity index (χ4v) is 3.83. The van der Waals surface area contributed by atoms with Crippen LogP contribution in [0.1, 0.15) is 33.6 Å². The first-order valence-electron chi connectivity index (χ1n) is 7.69. The lowest BCUT2D eigenvalue weighted by Gasteiger charge is -2.42. The topological polar surface area (TPSA) is 50.8 Å². The van der Waals surface area contributed by atoms with Crippen molar-refractivity contribution in [3.8, 4) is 0 Å². The van der Waals surface area contributed by atoms with E-state index in [0.717, 1.165) is 45.7 Å².